The molecule has 5 aromatic rings. The summed E-state index contributed by atoms with van der Waals surface area (Å²) in [7, 11) is 0. The Labute approximate surface area is 233 Å². The molecule has 196 valence electrons. The Morgan fingerprint density at radius 2 is 1.85 bits per heavy atom. The van der Waals surface area contributed by atoms with E-state index in [4.69, 9.17) is 14.8 Å². The summed E-state index contributed by atoms with van der Waals surface area (Å²) in [6.07, 6.45) is 2.46. The highest BCUT2D eigenvalue weighted by molar-refractivity contribution is 9.10. The van der Waals surface area contributed by atoms with Crippen LogP contribution in [0.1, 0.15) is 53.5 Å². The van der Waals surface area contributed by atoms with Crippen LogP contribution in [-0.4, -0.2) is 27.0 Å². The summed E-state index contributed by atoms with van der Waals surface area (Å²) in [6.45, 7) is 4.32. The van der Waals surface area contributed by atoms with Crippen LogP contribution in [0, 0.1) is 0 Å². The van der Waals surface area contributed by atoms with Gasteiger partial charge in [0.1, 0.15) is 18.2 Å². The van der Waals surface area contributed by atoms with Crippen LogP contribution in [0.3, 0.4) is 0 Å². The Kier molecular flexibility index (Phi) is 7.56. The fourth-order valence-corrected chi connectivity index (χ4v) is 4.69. The van der Waals surface area contributed by atoms with E-state index in [1.165, 1.54) is 4.68 Å². The lowest BCUT2D eigenvalue weighted by Crippen LogP contribution is -2.23. The van der Waals surface area contributed by atoms with Gasteiger partial charge in [0.05, 0.1) is 22.7 Å². The average molecular weight is 584 g/mol. The number of hydrogen-bond acceptors (Lipinski definition) is 5. The van der Waals surface area contributed by atoms with Crippen molar-refractivity contribution >= 4 is 49.8 Å². The molecule has 5 rings (SSSR count). The maximum atomic E-state index is 13.6. The first-order valence-corrected chi connectivity index (χ1v) is 13.4. The Hall–Kier alpha value is -4.30. The summed E-state index contributed by atoms with van der Waals surface area (Å²) in [5.74, 6) is 0.224. The Morgan fingerprint density at radius 1 is 1.08 bits per heavy atom. The third-order valence-electron chi connectivity index (χ3n) is 6.71. The third-order valence-corrected chi connectivity index (χ3v) is 7.21. The zero-order valence-electron chi connectivity index (χ0n) is 21.5. The molecule has 8 heteroatoms. The number of fused-ring (bicyclic) bond motifs is 2. The fourth-order valence-electron chi connectivity index (χ4n) is 4.33. The van der Waals surface area contributed by atoms with E-state index in [1.807, 2.05) is 55.5 Å². The minimum Gasteiger partial charge on any atom is -0.488 e. The van der Waals surface area contributed by atoms with Gasteiger partial charge in [0, 0.05) is 16.0 Å². The summed E-state index contributed by atoms with van der Waals surface area (Å²) in [4.78, 5) is 29.6. The molecule has 0 fully saturated rings. The van der Waals surface area contributed by atoms with Gasteiger partial charge in [-0.15, -0.1) is 0 Å². The number of benzene rings is 4. The molecule has 7 nitrogen and oxygen atoms in total. The first-order valence-electron chi connectivity index (χ1n) is 12.6. The van der Waals surface area contributed by atoms with Crippen molar-refractivity contribution in [3.63, 3.8) is 0 Å². The quantitative estimate of drug-likeness (QED) is 0.199. The molecule has 0 unspecified atom stereocenters. The highest BCUT2D eigenvalue weighted by Gasteiger charge is 2.16. The van der Waals surface area contributed by atoms with Crippen molar-refractivity contribution in [3.05, 3.63) is 116 Å². The lowest BCUT2D eigenvalue weighted by Gasteiger charge is -2.15. The molecule has 0 spiro atoms. The second kappa shape index (κ2) is 11.2. The largest absolute Gasteiger partial charge is 0.488 e. The van der Waals surface area contributed by atoms with Gasteiger partial charge in [0.15, 0.2) is 0 Å². The van der Waals surface area contributed by atoms with Crippen molar-refractivity contribution in [1.29, 1.82) is 0 Å². The number of carbonyl (C=O) groups is 1. The highest BCUT2D eigenvalue weighted by atomic mass is 79.9. The maximum Gasteiger partial charge on any atom is 0.335 e. The summed E-state index contributed by atoms with van der Waals surface area (Å²) >= 11 is 3.45. The highest BCUT2D eigenvalue weighted by Crippen LogP contribution is 2.28. The third kappa shape index (κ3) is 5.47. The maximum absolute atomic E-state index is 13.6. The zero-order valence-corrected chi connectivity index (χ0v) is 23.1. The second-order valence-corrected chi connectivity index (χ2v) is 10.2. The first kappa shape index (κ1) is 26.3. The molecule has 1 atom stereocenters. The Balaban J connectivity index is 1.59. The SMILES string of the molecule is CC[C@@H](C)c1nc2ccc(Br)cc2c(=O)n1N=Cc1c(OCc2ccc(C(=O)O)cc2)ccc2ccccc12. The molecule has 1 heterocycles. The van der Waals surface area contributed by atoms with E-state index in [0.717, 1.165) is 32.8 Å². The van der Waals surface area contributed by atoms with Crippen molar-refractivity contribution in [1.82, 2.24) is 9.66 Å². The van der Waals surface area contributed by atoms with Crippen LogP contribution in [-0.2, 0) is 6.61 Å². The van der Waals surface area contributed by atoms with Crippen LogP contribution in [0.2, 0.25) is 0 Å². The minimum atomic E-state index is -0.974. The van der Waals surface area contributed by atoms with Crippen molar-refractivity contribution < 1.29 is 14.6 Å². The molecule has 0 amide bonds. The molecule has 0 saturated carbocycles. The topological polar surface area (TPSA) is 93.8 Å². The van der Waals surface area contributed by atoms with E-state index in [-0.39, 0.29) is 23.6 Å². The molecular formula is C31H26BrN3O4. The number of rotatable bonds is 8. The van der Waals surface area contributed by atoms with Gasteiger partial charge in [-0.05, 0) is 59.2 Å². The predicted molar refractivity (Wildman–Crippen MR) is 157 cm³/mol. The minimum absolute atomic E-state index is 0.0138. The van der Waals surface area contributed by atoms with E-state index in [2.05, 4.69) is 28.0 Å². The monoisotopic (exact) mass is 583 g/mol. The van der Waals surface area contributed by atoms with Crippen LogP contribution in [0.15, 0.2) is 93.2 Å². The van der Waals surface area contributed by atoms with Gasteiger partial charge in [0.2, 0.25) is 0 Å². The van der Waals surface area contributed by atoms with E-state index in [1.54, 1.807) is 36.5 Å². The number of hydrogen-bond donors (Lipinski definition) is 1. The van der Waals surface area contributed by atoms with Crippen LogP contribution in [0.4, 0.5) is 0 Å². The van der Waals surface area contributed by atoms with Gasteiger partial charge in [-0.1, -0.05) is 72.2 Å². The fraction of sp³-hybridized carbons (Fsp3) is 0.161. The van der Waals surface area contributed by atoms with Gasteiger partial charge in [-0.2, -0.15) is 9.78 Å². The van der Waals surface area contributed by atoms with Gasteiger partial charge in [-0.25, -0.2) is 9.78 Å². The summed E-state index contributed by atoms with van der Waals surface area (Å²) < 4.78 is 8.37. The van der Waals surface area contributed by atoms with Crippen molar-refractivity contribution in [2.24, 2.45) is 5.10 Å². The molecule has 1 aromatic heterocycles. The average Bonchev–Trinajstić information content (AvgIpc) is 2.95. The number of halogens is 1. The Bertz CT molecular complexity index is 1780. The molecule has 39 heavy (non-hydrogen) atoms. The molecule has 0 saturated heterocycles. The predicted octanol–water partition coefficient (Wildman–Crippen LogP) is 6.99. The van der Waals surface area contributed by atoms with Crippen molar-refractivity contribution in [2.75, 3.05) is 0 Å². The van der Waals surface area contributed by atoms with E-state index < -0.39 is 5.97 Å². The summed E-state index contributed by atoms with van der Waals surface area (Å²) in [5.41, 5.74) is 2.17. The van der Waals surface area contributed by atoms with E-state index in [9.17, 15) is 9.59 Å². The lowest BCUT2D eigenvalue weighted by molar-refractivity contribution is 0.0697. The van der Waals surface area contributed by atoms with E-state index in [0.29, 0.717) is 22.5 Å². The number of aromatic carboxylic acids is 1. The number of ether oxygens (including phenoxy) is 1. The van der Waals surface area contributed by atoms with Crippen LogP contribution >= 0.6 is 15.9 Å². The summed E-state index contributed by atoms with van der Waals surface area (Å²) in [6, 6.07) is 23.8. The number of carboxylic acids is 1. The molecule has 0 aliphatic heterocycles. The molecule has 0 aliphatic carbocycles. The number of carboxylic acid groups (broad SMARTS) is 1. The van der Waals surface area contributed by atoms with Crippen LogP contribution in [0.25, 0.3) is 21.7 Å². The zero-order chi connectivity index (χ0) is 27.5. The van der Waals surface area contributed by atoms with E-state index >= 15 is 0 Å². The lowest BCUT2D eigenvalue weighted by atomic mass is 10.0. The van der Waals surface area contributed by atoms with Crippen molar-refractivity contribution in [3.8, 4) is 5.75 Å². The van der Waals surface area contributed by atoms with Crippen LogP contribution in [0.5, 0.6) is 5.75 Å². The molecule has 1 N–H and O–H groups in total. The molecule has 0 bridgehead atoms. The first-order chi connectivity index (χ1) is 18.9. The molecule has 0 aliphatic rings. The molecule has 4 aromatic carbocycles. The van der Waals surface area contributed by atoms with Crippen molar-refractivity contribution in [2.45, 2.75) is 32.8 Å². The van der Waals surface area contributed by atoms with Gasteiger partial charge in [-0.3, -0.25) is 4.79 Å². The summed E-state index contributed by atoms with van der Waals surface area (Å²) in [5, 5.41) is 16.2. The smallest absolute Gasteiger partial charge is 0.335 e. The normalized spacial score (nSPS) is 12.3. The standard InChI is InChI=1S/C31H26BrN3O4/c1-3-19(2)29-34-27-14-13-23(32)16-25(27)30(36)35(29)33-17-26-24-7-5-4-6-21(24)12-15-28(26)39-18-20-8-10-22(11-9-20)31(37)38/h4-17,19H,3,18H2,1-2H3,(H,37,38)/t19-/m1/s1. The number of nitrogens with zero attached hydrogens (tertiary/aromatic N) is 3. The molecular weight excluding hydrogens is 558 g/mol. The Morgan fingerprint density at radius 3 is 2.59 bits per heavy atom. The number of aromatic nitrogens is 2. The van der Waals surface area contributed by atoms with Gasteiger partial charge >= 0.3 is 5.97 Å². The van der Waals surface area contributed by atoms with Gasteiger partial charge < -0.3 is 9.84 Å². The van der Waals surface area contributed by atoms with Gasteiger partial charge in [0.25, 0.3) is 5.56 Å². The van der Waals surface area contributed by atoms with Crippen LogP contribution < -0.4 is 10.3 Å². The molecule has 0 radical (unpaired) electrons. The second-order valence-electron chi connectivity index (χ2n) is 9.29.